The zero-order valence-electron chi connectivity index (χ0n) is 20.5. The summed E-state index contributed by atoms with van der Waals surface area (Å²) in [6.07, 6.45) is 1.28. The Morgan fingerprint density at radius 3 is 2.26 bits per heavy atom. The monoisotopic (exact) mass is 470 g/mol. The highest BCUT2D eigenvalue weighted by Crippen LogP contribution is 2.47. The minimum absolute atomic E-state index is 0.119. The van der Waals surface area contributed by atoms with Crippen LogP contribution in [0.4, 0.5) is 11.4 Å². The molecule has 1 unspecified atom stereocenters. The fraction of sp³-hybridized carbons (Fsp3) is 0.276. The van der Waals surface area contributed by atoms with Gasteiger partial charge in [-0.15, -0.1) is 0 Å². The number of hydrogen-bond donors (Lipinski definition) is 2. The highest BCUT2D eigenvalue weighted by Gasteiger charge is 2.39. The van der Waals surface area contributed by atoms with E-state index in [0.29, 0.717) is 23.7 Å². The Hall–Kier alpha value is -3.93. The van der Waals surface area contributed by atoms with Crippen molar-refractivity contribution in [2.24, 2.45) is 5.41 Å². The number of Topliss-reactive ketones (excluding diaryl/α,β-unsaturated/α-hetero) is 1. The Bertz CT molecular complexity index is 1310. The van der Waals surface area contributed by atoms with Gasteiger partial charge >= 0.3 is 0 Å². The molecule has 0 bridgehead atoms. The van der Waals surface area contributed by atoms with Crippen LogP contribution in [0.15, 0.2) is 78.0 Å². The quantitative estimate of drug-likeness (QED) is 0.432. The minimum Gasteiger partial charge on any atom is -0.496 e. The van der Waals surface area contributed by atoms with E-state index in [0.717, 1.165) is 40.4 Å². The summed E-state index contributed by atoms with van der Waals surface area (Å²) < 4.78 is 17.3. The van der Waals surface area contributed by atoms with Crippen molar-refractivity contribution in [2.75, 3.05) is 24.9 Å². The first-order chi connectivity index (χ1) is 16.9. The molecule has 1 heterocycles. The van der Waals surface area contributed by atoms with Crippen LogP contribution >= 0.6 is 0 Å². The van der Waals surface area contributed by atoms with E-state index in [1.54, 1.807) is 14.2 Å². The maximum Gasteiger partial charge on any atom is 0.169 e. The number of para-hydroxylation sites is 3. The minimum atomic E-state index is -0.361. The number of allylic oxidation sites excluding steroid dienone is 1. The summed E-state index contributed by atoms with van der Waals surface area (Å²) in [5.74, 6) is 2.83. The summed E-state index contributed by atoms with van der Waals surface area (Å²) in [6.45, 7) is 4.27. The average molecular weight is 471 g/mol. The lowest BCUT2D eigenvalue weighted by atomic mass is 9.73. The molecule has 6 heteroatoms. The summed E-state index contributed by atoms with van der Waals surface area (Å²) in [4.78, 5) is 13.5. The number of carbonyl (C=O) groups is 1. The Morgan fingerprint density at radius 2 is 1.51 bits per heavy atom. The van der Waals surface area contributed by atoms with Crippen LogP contribution in [0.1, 0.15) is 38.3 Å². The van der Waals surface area contributed by atoms with Gasteiger partial charge in [0.05, 0.1) is 31.6 Å². The number of rotatable bonds is 5. The molecule has 0 spiro atoms. The van der Waals surface area contributed by atoms with Gasteiger partial charge < -0.3 is 24.8 Å². The smallest absolute Gasteiger partial charge is 0.169 e. The van der Waals surface area contributed by atoms with Crippen molar-refractivity contribution in [3.8, 4) is 23.0 Å². The third-order valence-corrected chi connectivity index (χ3v) is 6.53. The second kappa shape index (κ2) is 9.02. The third-order valence-electron chi connectivity index (χ3n) is 6.53. The van der Waals surface area contributed by atoms with Gasteiger partial charge in [0, 0.05) is 29.3 Å². The molecule has 180 valence electrons. The molecule has 3 aromatic carbocycles. The van der Waals surface area contributed by atoms with Gasteiger partial charge in [-0.25, -0.2) is 0 Å². The first-order valence-electron chi connectivity index (χ1n) is 11.8. The Balaban J connectivity index is 1.59. The summed E-state index contributed by atoms with van der Waals surface area (Å²) >= 11 is 0. The normalized spacial score (nSPS) is 18.4. The number of nitrogens with one attached hydrogen (secondary N) is 2. The fourth-order valence-corrected chi connectivity index (χ4v) is 4.95. The lowest BCUT2D eigenvalue weighted by molar-refractivity contribution is -0.118. The average Bonchev–Trinajstić information content (AvgIpc) is 2.99. The van der Waals surface area contributed by atoms with E-state index in [-0.39, 0.29) is 17.2 Å². The van der Waals surface area contributed by atoms with Crippen LogP contribution in [-0.4, -0.2) is 20.0 Å². The zero-order valence-corrected chi connectivity index (χ0v) is 20.5. The second-order valence-corrected chi connectivity index (χ2v) is 9.74. The molecule has 35 heavy (non-hydrogen) atoms. The van der Waals surface area contributed by atoms with E-state index in [4.69, 9.17) is 14.2 Å². The molecule has 1 aliphatic carbocycles. The molecule has 0 saturated heterocycles. The molecule has 2 N–H and O–H groups in total. The van der Waals surface area contributed by atoms with Gasteiger partial charge in [-0.05, 0) is 42.2 Å². The van der Waals surface area contributed by atoms with E-state index < -0.39 is 0 Å². The predicted molar refractivity (Wildman–Crippen MR) is 138 cm³/mol. The molecule has 0 amide bonds. The summed E-state index contributed by atoms with van der Waals surface area (Å²) in [6, 6.07) is 20.9. The molecule has 0 aromatic heterocycles. The van der Waals surface area contributed by atoms with Crippen LogP contribution in [0.25, 0.3) is 0 Å². The number of ether oxygens (including phenoxy) is 3. The molecular formula is C29H30N2O4. The summed E-state index contributed by atoms with van der Waals surface area (Å²) in [5, 5.41) is 7.20. The van der Waals surface area contributed by atoms with E-state index in [2.05, 4.69) is 24.5 Å². The Kier molecular flexibility index (Phi) is 5.89. The zero-order chi connectivity index (χ0) is 24.6. The van der Waals surface area contributed by atoms with Crippen LogP contribution in [0.3, 0.4) is 0 Å². The highest BCUT2D eigenvalue weighted by atomic mass is 16.5. The lowest BCUT2D eigenvalue weighted by Gasteiger charge is -2.34. The molecule has 0 saturated carbocycles. The van der Waals surface area contributed by atoms with Gasteiger partial charge in [-0.3, -0.25) is 4.79 Å². The summed E-state index contributed by atoms with van der Waals surface area (Å²) in [5.41, 5.74) is 4.25. The third kappa shape index (κ3) is 4.44. The number of carbonyl (C=O) groups excluding carboxylic acids is 1. The van der Waals surface area contributed by atoms with Gasteiger partial charge in [0.2, 0.25) is 0 Å². The largest absolute Gasteiger partial charge is 0.496 e. The SMILES string of the molecule is COc1ccccc1Oc1ccc2c(c1)NC(c1ccccc1OC)C1=C(CC(C)(C)CC1=O)N2. The number of hydrogen-bond acceptors (Lipinski definition) is 6. The van der Waals surface area contributed by atoms with Crippen LogP contribution < -0.4 is 24.8 Å². The highest BCUT2D eigenvalue weighted by molar-refractivity contribution is 6.01. The number of fused-ring (bicyclic) bond motifs is 1. The van der Waals surface area contributed by atoms with Gasteiger partial charge in [-0.1, -0.05) is 44.2 Å². The van der Waals surface area contributed by atoms with Crippen molar-refractivity contribution in [3.05, 3.63) is 83.6 Å². The van der Waals surface area contributed by atoms with Gasteiger partial charge in [0.25, 0.3) is 0 Å². The molecular weight excluding hydrogens is 440 g/mol. The molecule has 1 aliphatic heterocycles. The van der Waals surface area contributed by atoms with Gasteiger partial charge in [0.1, 0.15) is 11.5 Å². The molecule has 0 fully saturated rings. The first-order valence-corrected chi connectivity index (χ1v) is 11.8. The fourth-order valence-electron chi connectivity index (χ4n) is 4.95. The van der Waals surface area contributed by atoms with E-state index in [9.17, 15) is 4.79 Å². The van der Waals surface area contributed by atoms with Crippen LogP contribution in [0.5, 0.6) is 23.0 Å². The Labute approximate surface area is 205 Å². The Morgan fingerprint density at radius 1 is 0.829 bits per heavy atom. The maximum atomic E-state index is 13.5. The maximum absolute atomic E-state index is 13.5. The number of anilines is 2. The lowest BCUT2D eigenvalue weighted by Crippen LogP contribution is -2.31. The van der Waals surface area contributed by atoms with Crippen LogP contribution in [0.2, 0.25) is 0 Å². The topological polar surface area (TPSA) is 68.8 Å². The molecule has 0 radical (unpaired) electrons. The molecule has 3 aromatic rings. The predicted octanol–water partition coefficient (Wildman–Crippen LogP) is 6.72. The van der Waals surface area contributed by atoms with Crippen molar-refractivity contribution in [3.63, 3.8) is 0 Å². The second-order valence-electron chi connectivity index (χ2n) is 9.74. The number of benzene rings is 3. The van der Waals surface area contributed by atoms with Crippen molar-refractivity contribution in [1.82, 2.24) is 0 Å². The van der Waals surface area contributed by atoms with E-state index in [1.165, 1.54) is 0 Å². The van der Waals surface area contributed by atoms with Crippen molar-refractivity contribution >= 4 is 17.2 Å². The van der Waals surface area contributed by atoms with Crippen LogP contribution in [0, 0.1) is 5.41 Å². The first kappa shape index (κ1) is 22.8. The summed E-state index contributed by atoms with van der Waals surface area (Å²) in [7, 11) is 3.28. The van der Waals surface area contributed by atoms with Crippen molar-refractivity contribution in [2.45, 2.75) is 32.7 Å². The molecule has 6 nitrogen and oxygen atoms in total. The molecule has 5 rings (SSSR count). The van der Waals surface area contributed by atoms with E-state index >= 15 is 0 Å². The van der Waals surface area contributed by atoms with Crippen molar-refractivity contribution in [1.29, 1.82) is 0 Å². The van der Waals surface area contributed by atoms with E-state index in [1.807, 2.05) is 66.7 Å². The van der Waals surface area contributed by atoms with Gasteiger partial charge in [0.15, 0.2) is 17.3 Å². The van der Waals surface area contributed by atoms with Crippen LogP contribution in [-0.2, 0) is 4.79 Å². The molecule has 1 atom stereocenters. The van der Waals surface area contributed by atoms with Gasteiger partial charge in [-0.2, -0.15) is 0 Å². The standard InChI is InChI=1S/C29H30N2O4/c1-29(2)16-22-27(23(32)17-29)28(19-9-5-6-10-24(19)33-3)31-21-15-18(13-14-20(21)30-22)35-26-12-8-7-11-25(26)34-4/h5-15,28,30-31H,16-17H2,1-4H3. The number of ketones is 1. The van der Waals surface area contributed by atoms with Crippen molar-refractivity contribution < 1.29 is 19.0 Å². The number of methoxy groups -OCH3 is 2. The molecule has 2 aliphatic rings.